The molecule has 0 amide bonds. The Morgan fingerprint density at radius 3 is 1.22 bits per heavy atom. The highest BCUT2D eigenvalue weighted by molar-refractivity contribution is 8.51. The molecule has 0 saturated heterocycles. The van der Waals surface area contributed by atoms with E-state index in [0.29, 0.717) is 13.2 Å². The Morgan fingerprint density at radius 2 is 1.11 bits per heavy atom. The summed E-state index contributed by atoms with van der Waals surface area (Å²) in [6, 6.07) is 0. The summed E-state index contributed by atoms with van der Waals surface area (Å²) in [5, 5.41) is 0. The Labute approximate surface area is 125 Å². The third kappa shape index (κ3) is 10.2. The molecule has 0 aliphatic carbocycles. The molecule has 0 aliphatic heterocycles. The van der Waals surface area contributed by atoms with Crippen LogP contribution >= 0.6 is 13.0 Å². The predicted molar refractivity (Wildman–Crippen MR) is 94.0 cm³/mol. The molecular weight excluding hydrogens is 302 g/mol. The number of hydrogen-bond acceptors (Lipinski definition) is 4. The van der Waals surface area contributed by atoms with Crippen molar-refractivity contribution in [3.63, 3.8) is 0 Å². The average molecular weight is 332 g/mol. The Bertz CT molecular complexity index is 207. The second-order valence-electron chi connectivity index (χ2n) is 3.89. The van der Waals surface area contributed by atoms with E-state index in [1.807, 2.05) is 13.8 Å². The van der Waals surface area contributed by atoms with Gasteiger partial charge >= 0.3 is 0 Å². The zero-order valence-electron chi connectivity index (χ0n) is 12.8. The molecule has 0 aromatic heterocycles. The van der Waals surface area contributed by atoms with Gasteiger partial charge in [0.1, 0.15) is 0 Å². The lowest BCUT2D eigenvalue weighted by Gasteiger charge is -2.26. The molecule has 0 bridgehead atoms. The fourth-order valence-electron chi connectivity index (χ4n) is 1.70. The summed E-state index contributed by atoms with van der Waals surface area (Å²) >= 11 is 9.65. The number of hydrogen-bond donors (Lipinski definition) is 0. The monoisotopic (exact) mass is 332 g/mol. The van der Waals surface area contributed by atoms with E-state index in [9.17, 15) is 0 Å². The minimum atomic E-state index is -2.28. The molecule has 0 heterocycles. The number of rotatable bonds is 8. The minimum absolute atomic E-state index is 0.420. The van der Waals surface area contributed by atoms with Crippen LogP contribution in [0.25, 0.3) is 0 Å². The van der Waals surface area contributed by atoms with E-state index in [2.05, 4.69) is 27.7 Å². The van der Waals surface area contributed by atoms with Gasteiger partial charge in [-0.2, -0.15) is 0 Å². The highest BCUT2D eigenvalue weighted by Crippen LogP contribution is 2.57. The van der Waals surface area contributed by atoms with E-state index in [0.717, 1.165) is 0 Å². The van der Waals surface area contributed by atoms with Crippen LogP contribution in [0.4, 0.5) is 0 Å². The van der Waals surface area contributed by atoms with Crippen molar-refractivity contribution in [2.45, 2.75) is 41.5 Å². The van der Waals surface area contributed by atoms with E-state index < -0.39 is 13.0 Å². The van der Waals surface area contributed by atoms with Gasteiger partial charge in [-0.15, -0.1) is 0 Å². The van der Waals surface area contributed by atoms with Crippen LogP contribution in [0.1, 0.15) is 41.5 Å². The van der Waals surface area contributed by atoms with Crippen molar-refractivity contribution < 1.29 is 9.05 Å². The van der Waals surface area contributed by atoms with Gasteiger partial charge in [0.25, 0.3) is 0 Å². The average Bonchev–Trinajstić information content (AvgIpc) is 2.33. The fraction of sp³-hybridized carbons (Fsp3) is 1.00. The maximum absolute atomic E-state index is 4.99. The van der Waals surface area contributed by atoms with Crippen LogP contribution in [0.3, 0.4) is 0 Å². The van der Waals surface area contributed by atoms with E-state index in [4.69, 9.17) is 33.1 Å². The first-order valence-corrected chi connectivity index (χ1v) is 13.0. The Balaban J connectivity index is 0. The van der Waals surface area contributed by atoms with Gasteiger partial charge in [-0.3, -0.25) is 0 Å². The molecule has 0 atom stereocenters. The van der Waals surface area contributed by atoms with Crippen LogP contribution in [0.2, 0.25) is 0 Å². The summed E-state index contributed by atoms with van der Waals surface area (Å²) in [4.78, 5) is 0. The summed E-state index contributed by atoms with van der Waals surface area (Å²) < 4.78 is 9.98. The standard InChI is InChI=1S/C8H20P.C4H11O2PS2/c1-5-9(6-2,7-3)8-4;1-3-5-7(8,9)6-4-2/h5-8H2,1-4H3;3-4H2,1-2H3,(H,8,9)/q+1;/p-1. The van der Waals surface area contributed by atoms with E-state index >= 15 is 0 Å². The molecule has 0 aromatic carbocycles. The Hall–Kier alpha value is 1.35. The van der Waals surface area contributed by atoms with Crippen molar-refractivity contribution in [1.82, 2.24) is 0 Å². The molecule has 0 rings (SSSR count). The van der Waals surface area contributed by atoms with Gasteiger partial charge in [0.15, 0.2) is 0 Å². The summed E-state index contributed by atoms with van der Waals surface area (Å²) in [5.74, 6) is 0. The maximum atomic E-state index is 4.99. The van der Waals surface area contributed by atoms with Crippen LogP contribution in [0, 0.1) is 0 Å². The third-order valence-corrected chi connectivity index (χ3v) is 11.0. The van der Waals surface area contributed by atoms with Crippen molar-refractivity contribution in [3.8, 4) is 0 Å². The van der Waals surface area contributed by atoms with Gasteiger partial charge in [-0.1, -0.05) is 11.8 Å². The van der Waals surface area contributed by atoms with E-state index in [1.165, 1.54) is 24.6 Å². The molecule has 0 N–H and O–H groups in total. The van der Waals surface area contributed by atoms with Gasteiger partial charge in [0.2, 0.25) is 0 Å². The summed E-state index contributed by atoms with van der Waals surface area (Å²) in [5.41, 5.74) is -2.28. The lowest BCUT2D eigenvalue weighted by atomic mass is 10.9. The van der Waals surface area contributed by atoms with E-state index in [1.54, 1.807) is 0 Å². The van der Waals surface area contributed by atoms with Crippen LogP contribution in [0.15, 0.2) is 0 Å². The fourth-order valence-corrected chi connectivity index (χ4v) is 6.35. The lowest BCUT2D eigenvalue weighted by molar-refractivity contribution is 0.281. The predicted octanol–water partition coefficient (Wildman–Crippen LogP) is 4.91. The highest BCUT2D eigenvalue weighted by Gasteiger charge is 2.27. The van der Waals surface area contributed by atoms with Crippen LogP contribution in [-0.4, -0.2) is 37.9 Å². The van der Waals surface area contributed by atoms with Crippen molar-refractivity contribution in [2.75, 3.05) is 37.9 Å². The summed E-state index contributed by atoms with van der Waals surface area (Å²) in [6.07, 6.45) is 5.82. The molecule has 2 nitrogen and oxygen atoms in total. The first-order chi connectivity index (χ1) is 8.36. The third-order valence-electron chi connectivity index (χ3n) is 3.26. The van der Waals surface area contributed by atoms with Crippen LogP contribution in [0.5, 0.6) is 0 Å². The smallest absolute Gasteiger partial charge is 0.0565 e. The molecule has 0 unspecified atom stereocenters. The largest absolute Gasteiger partial charge is 0.691 e. The van der Waals surface area contributed by atoms with Crippen LogP contribution in [-0.2, 0) is 33.1 Å². The molecule has 18 heavy (non-hydrogen) atoms. The molecule has 0 aliphatic rings. The van der Waals surface area contributed by atoms with Crippen LogP contribution < -0.4 is 0 Å². The topological polar surface area (TPSA) is 18.5 Å². The van der Waals surface area contributed by atoms with E-state index in [-0.39, 0.29) is 0 Å². The molecule has 0 spiro atoms. The first kappa shape index (κ1) is 21.6. The van der Waals surface area contributed by atoms with Gasteiger partial charge in [0, 0.05) is 20.5 Å². The summed E-state index contributed by atoms with van der Waals surface area (Å²) in [7, 11) is -0.420. The van der Waals surface area contributed by atoms with Gasteiger partial charge in [-0.05, 0) is 41.5 Å². The van der Waals surface area contributed by atoms with Gasteiger partial charge < -0.3 is 21.3 Å². The zero-order valence-corrected chi connectivity index (χ0v) is 16.2. The Kier molecular flexibility index (Phi) is 14.6. The Morgan fingerprint density at radius 1 is 0.833 bits per heavy atom. The van der Waals surface area contributed by atoms with Crippen molar-refractivity contribution in [2.24, 2.45) is 0 Å². The molecule has 6 heteroatoms. The van der Waals surface area contributed by atoms with Gasteiger partial charge in [-0.25, -0.2) is 0 Å². The van der Waals surface area contributed by atoms with Crippen molar-refractivity contribution in [1.29, 1.82) is 0 Å². The molecule has 0 radical (unpaired) electrons. The minimum Gasteiger partial charge on any atom is -0.691 e. The zero-order chi connectivity index (χ0) is 14.7. The quantitative estimate of drug-likeness (QED) is 0.464. The molecular formula is C12H30O2P2S2. The maximum Gasteiger partial charge on any atom is 0.0565 e. The molecule has 0 fully saturated rings. The lowest BCUT2D eigenvalue weighted by Crippen LogP contribution is -2.04. The first-order valence-electron chi connectivity index (χ1n) is 6.82. The molecule has 112 valence electrons. The SMILES string of the molecule is CCOP(=S)([S-])OCC.CC[P+](CC)(CC)CC. The molecule has 0 aromatic rings. The van der Waals surface area contributed by atoms with Crippen molar-refractivity contribution >= 4 is 37.0 Å². The van der Waals surface area contributed by atoms with Gasteiger partial charge in [0.05, 0.1) is 30.3 Å². The summed E-state index contributed by atoms with van der Waals surface area (Å²) in [6.45, 7) is 14.2. The second kappa shape index (κ2) is 12.1. The normalized spacial score (nSPS) is 11.9. The van der Waals surface area contributed by atoms with Crippen molar-refractivity contribution in [3.05, 3.63) is 0 Å². The highest BCUT2D eigenvalue weighted by atomic mass is 32.9. The second-order valence-corrected chi connectivity index (χ2v) is 14.1. The molecule has 0 saturated carbocycles.